The van der Waals surface area contributed by atoms with Gasteiger partial charge in [-0.2, -0.15) is 8.42 Å². The quantitative estimate of drug-likeness (QED) is 0.575. The van der Waals surface area contributed by atoms with Crippen LogP contribution >= 0.6 is 0 Å². The standard InChI is InChI=1S/C6H12N4O2S/c1-7-13(11,12)10-3-2-6-8-4-5-9-6/h4-5,7,10H,2-3H2,1H3,(H,8,9). The molecule has 0 aliphatic rings. The number of aromatic amines is 1. The Labute approximate surface area is 77.0 Å². The zero-order chi connectivity index (χ0) is 9.73. The summed E-state index contributed by atoms with van der Waals surface area (Å²) in [4.78, 5) is 6.83. The van der Waals surface area contributed by atoms with Gasteiger partial charge in [0.2, 0.25) is 0 Å². The molecule has 3 N–H and O–H groups in total. The largest absolute Gasteiger partial charge is 0.349 e. The Bertz CT molecular complexity index is 332. The minimum atomic E-state index is -3.31. The molecule has 0 radical (unpaired) electrons. The highest BCUT2D eigenvalue weighted by Gasteiger charge is 2.04. The van der Waals surface area contributed by atoms with E-state index in [9.17, 15) is 8.42 Å². The number of hydrogen-bond donors (Lipinski definition) is 3. The molecular formula is C6H12N4O2S. The predicted octanol–water partition coefficient (Wildman–Crippen LogP) is -0.994. The lowest BCUT2D eigenvalue weighted by atomic mass is 10.4. The average Bonchev–Trinajstić information content (AvgIpc) is 2.57. The monoisotopic (exact) mass is 204 g/mol. The minimum Gasteiger partial charge on any atom is -0.349 e. The van der Waals surface area contributed by atoms with E-state index in [0.29, 0.717) is 13.0 Å². The van der Waals surface area contributed by atoms with Crippen molar-refractivity contribution in [2.45, 2.75) is 6.42 Å². The molecule has 6 nitrogen and oxygen atoms in total. The summed E-state index contributed by atoms with van der Waals surface area (Å²) >= 11 is 0. The summed E-state index contributed by atoms with van der Waals surface area (Å²) in [5.41, 5.74) is 0. The topological polar surface area (TPSA) is 86.9 Å². The van der Waals surface area contributed by atoms with Crippen molar-refractivity contribution in [2.24, 2.45) is 0 Å². The Hall–Kier alpha value is -0.920. The lowest BCUT2D eigenvalue weighted by molar-refractivity contribution is 0.572. The SMILES string of the molecule is CNS(=O)(=O)NCCc1ncc[nH]1. The Balaban J connectivity index is 2.30. The van der Waals surface area contributed by atoms with Gasteiger partial charge < -0.3 is 4.98 Å². The number of nitrogens with zero attached hydrogens (tertiary/aromatic N) is 1. The highest BCUT2D eigenvalue weighted by atomic mass is 32.2. The number of aromatic nitrogens is 2. The second kappa shape index (κ2) is 4.35. The lowest BCUT2D eigenvalue weighted by Crippen LogP contribution is -2.35. The Morgan fingerprint density at radius 2 is 2.38 bits per heavy atom. The maximum Gasteiger partial charge on any atom is 0.276 e. The zero-order valence-electron chi connectivity index (χ0n) is 7.24. The lowest BCUT2D eigenvalue weighted by Gasteiger charge is -2.02. The Morgan fingerprint density at radius 1 is 1.62 bits per heavy atom. The van der Waals surface area contributed by atoms with Crippen LogP contribution in [0.25, 0.3) is 0 Å². The van der Waals surface area contributed by atoms with Crippen LogP contribution in [0.15, 0.2) is 12.4 Å². The summed E-state index contributed by atoms with van der Waals surface area (Å²) in [5.74, 6) is 0.763. The zero-order valence-corrected chi connectivity index (χ0v) is 8.06. The van der Waals surface area contributed by atoms with E-state index in [-0.39, 0.29) is 0 Å². The van der Waals surface area contributed by atoms with E-state index in [0.717, 1.165) is 5.82 Å². The Morgan fingerprint density at radius 3 is 2.92 bits per heavy atom. The van der Waals surface area contributed by atoms with Crippen molar-refractivity contribution in [1.82, 2.24) is 19.4 Å². The fraction of sp³-hybridized carbons (Fsp3) is 0.500. The normalized spacial score (nSPS) is 11.8. The van der Waals surface area contributed by atoms with Crippen molar-refractivity contribution in [3.05, 3.63) is 18.2 Å². The second-order valence-corrected chi connectivity index (χ2v) is 4.09. The summed E-state index contributed by atoms with van der Waals surface area (Å²) in [5, 5.41) is 0. The maximum atomic E-state index is 10.9. The molecule has 1 heterocycles. The molecule has 7 heteroatoms. The summed E-state index contributed by atoms with van der Waals surface area (Å²) in [6.07, 6.45) is 3.87. The minimum absolute atomic E-state index is 0.330. The van der Waals surface area contributed by atoms with Crippen LogP contribution < -0.4 is 9.44 Å². The molecule has 0 aliphatic heterocycles. The van der Waals surface area contributed by atoms with Crippen LogP contribution in [0.2, 0.25) is 0 Å². The first kappa shape index (κ1) is 10.2. The molecule has 0 saturated carbocycles. The third kappa shape index (κ3) is 3.53. The molecular weight excluding hydrogens is 192 g/mol. The molecule has 0 fully saturated rings. The number of hydrogen-bond acceptors (Lipinski definition) is 3. The van der Waals surface area contributed by atoms with Crippen LogP contribution in [0, 0.1) is 0 Å². The van der Waals surface area contributed by atoms with Gasteiger partial charge in [-0.25, -0.2) is 14.4 Å². The van der Waals surface area contributed by atoms with Gasteiger partial charge >= 0.3 is 0 Å². The van der Waals surface area contributed by atoms with Crippen molar-refractivity contribution in [3.8, 4) is 0 Å². The molecule has 13 heavy (non-hydrogen) atoms. The molecule has 0 saturated heterocycles. The summed E-state index contributed by atoms with van der Waals surface area (Å²) in [6, 6.07) is 0. The van der Waals surface area contributed by atoms with Gasteiger partial charge in [0, 0.05) is 32.4 Å². The second-order valence-electron chi connectivity index (χ2n) is 2.39. The van der Waals surface area contributed by atoms with Crippen LogP contribution in [0.5, 0.6) is 0 Å². The van der Waals surface area contributed by atoms with Crippen LogP contribution in [0.3, 0.4) is 0 Å². The third-order valence-electron chi connectivity index (χ3n) is 1.48. The third-order valence-corrected chi connectivity index (χ3v) is 2.60. The van der Waals surface area contributed by atoms with Gasteiger partial charge in [-0.15, -0.1) is 0 Å². The van der Waals surface area contributed by atoms with Crippen molar-refractivity contribution in [3.63, 3.8) is 0 Å². The van der Waals surface area contributed by atoms with E-state index in [1.165, 1.54) is 7.05 Å². The van der Waals surface area contributed by atoms with Gasteiger partial charge in [0.25, 0.3) is 10.2 Å². The first-order chi connectivity index (χ1) is 6.14. The van der Waals surface area contributed by atoms with E-state index in [4.69, 9.17) is 0 Å². The van der Waals surface area contributed by atoms with E-state index in [1.807, 2.05) is 0 Å². The number of imidazole rings is 1. The predicted molar refractivity (Wildman–Crippen MR) is 48.3 cm³/mol. The molecule has 74 valence electrons. The first-order valence-corrected chi connectivity index (χ1v) is 5.29. The fourth-order valence-electron chi connectivity index (χ4n) is 0.811. The van der Waals surface area contributed by atoms with Gasteiger partial charge in [0.05, 0.1) is 0 Å². The van der Waals surface area contributed by atoms with E-state index in [2.05, 4.69) is 19.4 Å². The van der Waals surface area contributed by atoms with Gasteiger partial charge in [-0.1, -0.05) is 0 Å². The van der Waals surface area contributed by atoms with Crippen LogP contribution in [0.1, 0.15) is 5.82 Å². The number of H-pyrrole nitrogens is 1. The summed E-state index contributed by atoms with van der Waals surface area (Å²) < 4.78 is 26.2. The highest BCUT2D eigenvalue weighted by Crippen LogP contribution is 1.88. The van der Waals surface area contributed by atoms with E-state index < -0.39 is 10.2 Å². The molecule has 1 rings (SSSR count). The van der Waals surface area contributed by atoms with Crippen LogP contribution in [-0.4, -0.2) is 32.0 Å². The van der Waals surface area contributed by atoms with Crippen LogP contribution in [-0.2, 0) is 16.6 Å². The van der Waals surface area contributed by atoms with E-state index in [1.54, 1.807) is 12.4 Å². The fourth-order valence-corrected chi connectivity index (χ4v) is 1.33. The molecule has 0 unspecified atom stereocenters. The molecule has 0 bridgehead atoms. The van der Waals surface area contributed by atoms with Crippen LogP contribution in [0.4, 0.5) is 0 Å². The van der Waals surface area contributed by atoms with Gasteiger partial charge in [0.15, 0.2) is 0 Å². The highest BCUT2D eigenvalue weighted by molar-refractivity contribution is 7.87. The molecule has 1 aromatic heterocycles. The average molecular weight is 204 g/mol. The smallest absolute Gasteiger partial charge is 0.276 e. The molecule has 0 aliphatic carbocycles. The molecule has 0 atom stereocenters. The molecule has 0 aromatic carbocycles. The van der Waals surface area contributed by atoms with Crippen molar-refractivity contribution >= 4 is 10.2 Å². The maximum absolute atomic E-state index is 10.9. The van der Waals surface area contributed by atoms with E-state index >= 15 is 0 Å². The van der Waals surface area contributed by atoms with Crippen molar-refractivity contribution < 1.29 is 8.42 Å². The summed E-state index contributed by atoms with van der Waals surface area (Å²) in [7, 11) is -1.96. The number of rotatable bonds is 5. The molecule has 1 aromatic rings. The summed E-state index contributed by atoms with van der Waals surface area (Å²) in [6.45, 7) is 0.330. The van der Waals surface area contributed by atoms with Crippen molar-refractivity contribution in [1.29, 1.82) is 0 Å². The van der Waals surface area contributed by atoms with Gasteiger partial charge in [-0.05, 0) is 0 Å². The molecule has 0 amide bonds. The first-order valence-electron chi connectivity index (χ1n) is 3.80. The molecule has 0 spiro atoms. The van der Waals surface area contributed by atoms with Gasteiger partial charge in [0.1, 0.15) is 5.82 Å². The van der Waals surface area contributed by atoms with Gasteiger partial charge in [-0.3, -0.25) is 0 Å². The number of nitrogens with one attached hydrogen (secondary N) is 3. The Kier molecular flexibility index (Phi) is 3.40. The van der Waals surface area contributed by atoms with Crippen molar-refractivity contribution in [2.75, 3.05) is 13.6 Å².